The first kappa shape index (κ1) is 25.0. The van der Waals surface area contributed by atoms with Crippen molar-refractivity contribution in [3.63, 3.8) is 0 Å². The number of aliphatic carboxylic acids is 1. The number of fused-ring (bicyclic) bond motifs is 1. The fraction of sp³-hybridized carbons (Fsp3) is 0.233. The molecule has 2 N–H and O–H groups in total. The molecule has 37 heavy (non-hydrogen) atoms. The number of nitrogens with one attached hydrogen (secondary N) is 1. The molecule has 0 bridgehead atoms. The number of allylic oxidation sites excluding steroid dienone is 1. The van der Waals surface area contributed by atoms with Crippen molar-refractivity contribution in [1.82, 2.24) is 0 Å². The first-order valence-electron chi connectivity index (χ1n) is 12.3. The van der Waals surface area contributed by atoms with Crippen LogP contribution < -0.4 is 10.2 Å². The topological polar surface area (TPSA) is 86.7 Å². The van der Waals surface area contributed by atoms with Crippen molar-refractivity contribution in [2.45, 2.75) is 44.6 Å². The smallest absolute Gasteiger partial charge is 0.303 e. The Balaban J connectivity index is 1.68. The van der Waals surface area contributed by atoms with Crippen molar-refractivity contribution < 1.29 is 19.5 Å². The number of nitrogens with zero attached hydrogens (tertiary/aromatic N) is 1. The maximum Gasteiger partial charge on any atom is 0.303 e. The van der Waals surface area contributed by atoms with Gasteiger partial charge >= 0.3 is 5.97 Å². The number of benzene rings is 3. The van der Waals surface area contributed by atoms with Gasteiger partial charge in [0.2, 0.25) is 5.91 Å². The fourth-order valence-electron chi connectivity index (χ4n) is 5.26. The Morgan fingerprint density at radius 1 is 0.973 bits per heavy atom. The van der Waals surface area contributed by atoms with Gasteiger partial charge in [0.1, 0.15) is 0 Å². The summed E-state index contributed by atoms with van der Waals surface area (Å²) in [5.74, 6) is -1.39. The monoisotopic (exact) mass is 558 g/mol. The molecule has 1 heterocycles. The summed E-state index contributed by atoms with van der Waals surface area (Å²) < 4.78 is 0.962. The first-order valence-corrected chi connectivity index (χ1v) is 13.1. The zero-order valence-corrected chi connectivity index (χ0v) is 22.0. The number of carbonyl (C=O) groups excluding carboxylic acids is 2. The van der Waals surface area contributed by atoms with Gasteiger partial charge < -0.3 is 10.4 Å². The van der Waals surface area contributed by atoms with Crippen LogP contribution in [0.15, 0.2) is 88.5 Å². The van der Waals surface area contributed by atoms with Gasteiger partial charge in [-0.3, -0.25) is 19.3 Å². The van der Waals surface area contributed by atoms with Gasteiger partial charge in [0.05, 0.1) is 23.8 Å². The zero-order valence-electron chi connectivity index (χ0n) is 20.4. The summed E-state index contributed by atoms with van der Waals surface area (Å²) in [4.78, 5) is 40.5. The van der Waals surface area contributed by atoms with Gasteiger partial charge in [-0.05, 0) is 54.7 Å². The zero-order chi connectivity index (χ0) is 26.1. The number of ketones is 1. The molecule has 1 aliphatic heterocycles. The number of hydrogen-bond donors (Lipinski definition) is 2. The third-order valence-electron chi connectivity index (χ3n) is 7.02. The molecule has 0 radical (unpaired) electrons. The summed E-state index contributed by atoms with van der Waals surface area (Å²) in [5, 5.41) is 12.8. The second-order valence-electron chi connectivity index (χ2n) is 9.59. The molecule has 0 saturated heterocycles. The lowest BCUT2D eigenvalue weighted by molar-refractivity contribution is -0.138. The summed E-state index contributed by atoms with van der Waals surface area (Å²) in [6, 6.07) is 22.7. The second-order valence-corrected chi connectivity index (χ2v) is 10.5. The van der Waals surface area contributed by atoms with Crippen LogP contribution in [0.1, 0.15) is 54.3 Å². The predicted octanol–water partition coefficient (Wildman–Crippen LogP) is 6.52. The van der Waals surface area contributed by atoms with Gasteiger partial charge in [0.25, 0.3) is 0 Å². The van der Waals surface area contributed by atoms with Gasteiger partial charge in [-0.25, -0.2) is 0 Å². The van der Waals surface area contributed by atoms with Crippen molar-refractivity contribution in [3.05, 3.63) is 105 Å². The molecule has 1 amide bonds. The van der Waals surface area contributed by atoms with E-state index in [9.17, 15) is 19.5 Å². The van der Waals surface area contributed by atoms with Gasteiger partial charge in [-0.1, -0.05) is 70.0 Å². The van der Waals surface area contributed by atoms with Crippen LogP contribution in [-0.2, 0) is 14.4 Å². The van der Waals surface area contributed by atoms with Crippen LogP contribution in [0.3, 0.4) is 0 Å². The molecule has 0 unspecified atom stereocenters. The van der Waals surface area contributed by atoms with E-state index in [-0.39, 0.29) is 30.4 Å². The number of carboxylic acids is 1. The molecule has 0 fully saturated rings. The Morgan fingerprint density at radius 2 is 1.73 bits per heavy atom. The minimum Gasteiger partial charge on any atom is -0.481 e. The third-order valence-corrected chi connectivity index (χ3v) is 7.52. The molecular weight excluding hydrogens is 532 g/mol. The largest absolute Gasteiger partial charge is 0.481 e. The lowest BCUT2D eigenvalue weighted by Crippen LogP contribution is -2.38. The minimum absolute atomic E-state index is 0.00339. The van der Waals surface area contributed by atoms with Crippen molar-refractivity contribution >= 4 is 45.0 Å². The summed E-state index contributed by atoms with van der Waals surface area (Å²) in [5.41, 5.74) is 5.67. The highest BCUT2D eigenvalue weighted by molar-refractivity contribution is 9.10. The summed E-state index contributed by atoms with van der Waals surface area (Å²) >= 11 is 3.54. The third kappa shape index (κ3) is 5.09. The van der Waals surface area contributed by atoms with E-state index in [1.807, 2.05) is 79.7 Å². The van der Waals surface area contributed by atoms with E-state index in [1.54, 1.807) is 4.90 Å². The van der Waals surface area contributed by atoms with Crippen molar-refractivity contribution in [2.75, 3.05) is 10.2 Å². The molecule has 1 aliphatic carbocycles. The molecule has 0 saturated carbocycles. The van der Waals surface area contributed by atoms with Crippen LogP contribution in [0, 0.1) is 6.92 Å². The molecule has 0 aromatic heterocycles. The maximum atomic E-state index is 13.9. The molecule has 7 heteroatoms. The summed E-state index contributed by atoms with van der Waals surface area (Å²) in [6.45, 7) is 1.99. The van der Waals surface area contributed by atoms with E-state index in [0.29, 0.717) is 24.1 Å². The van der Waals surface area contributed by atoms with Crippen LogP contribution in [0.4, 0.5) is 11.4 Å². The van der Waals surface area contributed by atoms with E-state index in [0.717, 1.165) is 32.5 Å². The van der Waals surface area contributed by atoms with Gasteiger partial charge in [0, 0.05) is 28.6 Å². The normalized spacial score (nSPS) is 19.0. The van der Waals surface area contributed by atoms with Crippen LogP contribution in [-0.4, -0.2) is 22.8 Å². The number of Topliss-reactive ketones (excluding diaryl/α,β-unsaturated/α-hetero) is 1. The standard InChI is InChI=1S/C30H27BrN2O4/c1-18-9-11-19(12-10-18)30-29-24(16-21(17-26(29)34)20-5-4-6-22(31)15-20)32-23-7-2-3-8-25(23)33(30)27(35)13-14-28(36)37/h2-12,15,21,30,32H,13-14,16-17H2,1H3,(H,36,37)/t21-,30+/m0/s1. The van der Waals surface area contributed by atoms with Crippen molar-refractivity contribution in [1.29, 1.82) is 0 Å². The van der Waals surface area contributed by atoms with Crippen molar-refractivity contribution in [3.8, 4) is 0 Å². The average Bonchev–Trinajstić information content (AvgIpc) is 3.02. The van der Waals surface area contributed by atoms with Crippen LogP contribution >= 0.6 is 15.9 Å². The van der Waals surface area contributed by atoms with E-state index in [2.05, 4.69) is 21.2 Å². The molecule has 2 atom stereocenters. The number of aryl methyl sites for hydroxylation is 1. The Kier molecular flexibility index (Phi) is 6.98. The average molecular weight is 559 g/mol. The molecule has 2 aliphatic rings. The van der Waals surface area contributed by atoms with Gasteiger partial charge in [-0.15, -0.1) is 0 Å². The Morgan fingerprint density at radius 3 is 2.46 bits per heavy atom. The Bertz CT molecular complexity index is 1410. The van der Waals surface area contributed by atoms with Gasteiger partial charge in [0.15, 0.2) is 5.78 Å². The first-order chi connectivity index (χ1) is 17.8. The van der Waals surface area contributed by atoms with Crippen molar-refractivity contribution in [2.24, 2.45) is 0 Å². The lowest BCUT2D eigenvalue weighted by atomic mass is 9.78. The number of para-hydroxylation sites is 2. The number of halogens is 1. The molecule has 5 rings (SSSR count). The molecule has 0 spiro atoms. The molecule has 188 valence electrons. The highest BCUT2D eigenvalue weighted by Gasteiger charge is 2.41. The number of hydrogen-bond acceptors (Lipinski definition) is 4. The number of carboxylic acid groups (broad SMARTS) is 1. The summed E-state index contributed by atoms with van der Waals surface area (Å²) in [7, 11) is 0. The van der Waals surface area contributed by atoms with Gasteiger partial charge in [-0.2, -0.15) is 0 Å². The maximum absolute atomic E-state index is 13.9. The highest BCUT2D eigenvalue weighted by Crippen LogP contribution is 2.47. The van der Waals surface area contributed by atoms with E-state index in [1.165, 1.54) is 0 Å². The van der Waals surface area contributed by atoms with Crippen LogP contribution in [0.25, 0.3) is 0 Å². The van der Waals surface area contributed by atoms with E-state index in [4.69, 9.17) is 0 Å². The van der Waals surface area contributed by atoms with E-state index >= 15 is 0 Å². The Hall–Kier alpha value is -3.71. The summed E-state index contributed by atoms with van der Waals surface area (Å²) in [6.07, 6.45) is 0.498. The molecule has 3 aromatic carbocycles. The number of amides is 1. The van der Waals surface area contributed by atoms with Crippen LogP contribution in [0.2, 0.25) is 0 Å². The Labute approximate surface area is 224 Å². The second kappa shape index (κ2) is 10.3. The van der Waals surface area contributed by atoms with Crippen LogP contribution in [0.5, 0.6) is 0 Å². The number of anilines is 2. The minimum atomic E-state index is -1.04. The van der Waals surface area contributed by atoms with E-state index < -0.39 is 12.0 Å². The quantitative estimate of drug-likeness (QED) is 0.372. The number of carbonyl (C=O) groups is 3. The lowest BCUT2D eigenvalue weighted by Gasteiger charge is -2.35. The molecule has 3 aromatic rings. The molecule has 6 nitrogen and oxygen atoms in total. The highest BCUT2D eigenvalue weighted by atomic mass is 79.9. The SMILES string of the molecule is Cc1ccc([C@@H]2C3=C(C[C@H](c4cccc(Br)c4)CC3=O)Nc3ccccc3N2C(=O)CCC(=O)O)cc1. The predicted molar refractivity (Wildman–Crippen MR) is 146 cm³/mol. The fourth-order valence-corrected chi connectivity index (χ4v) is 5.68. The molecular formula is C30H27BrN2O4. The number of rotatable bonds is 5.